The zero-order chi connectivity index (χ0) is 13.6. The minimum atomic E-state index is -0.940. The van der Waals surface area contributed by atoms with Crippen molar-refractivity contribution < 1.29 is 19.4 Å². The molecule has 5 nitrogen and oxygen atoms in total. The third-order valence-electron chi connectivity index (χ3n) is 4.40. The molecule has 2 unspecified atom stereocenters. The molecule has 0 amide bonds. The number of hydrogen-bond acceptors (Lipinski definition) is 4. The van der Waals surface area contributed by atoms with Crippen LogP contribution in [0.4, 0.5) is 0 Å². The second kappa shape index (κ2) is 4.65. The molecule has 2 aliphatic heterocycles. The summed E-state index contributed by atoms with van der Waals surface area (Å²) in [5.41, 5.74) is 0.249. The Balaban J connectivity index is 1.75. The molecule has 3 heterocycles. The molecule has 2 saturated heterocycles. The molecule has 0 aromatic carbocycles. The number of carbonyl (C=O) groups is 1. The van der Waals surface area contributed by atoms with E-state index in [9.17, 15) is 9.90 Å². The largest absolute Gasteiger partial charge is 0.478 e. The first-order valence-electron chi connectivity index (χ1n) is 6.81. The molecule has 2 fully saturated rings. The maximum absolute atomic E-state index is 11.0. The number of aryl methyl sites for hydroxylation is 1. The van der Waals surface area contributed by atoms with Crippen LogP contribution in [-0.2, 0) is 6.54 Å². The quantitative estimate of drug-likeness (QED) is 0.871. The summed E-state index contributed by atoms with van der Waals surface area (Å²) in [7, 11) is 0. The summed E-state index contributed by atoms with van der Waals surface area (Å²) in [6.07, 6.45) is 3.70. The van der Waals surface area contributed by atoms with Crippen LogP contribution >= 0.6 is 0 Å². The number of aliphatic hydroxyl groups is 1. The van der Waals surface area contributed by atoms with Gasteiger partial charge in [0.1, 0.15) is 17.1 Å². The van der Waals surface area contributed by atoms with Crippen LogP contribution in [-0.4, -0.2) is 39.3 Å². The molecule has 5 heteroatoms. The van der Waals surface area contributed by atoms with Crippen molar-refractivity contribution in [2.45, 2.75) is 57.3 Å². The summed E-state index contributed by atoms with van der Waals surface area (Å²) < 4.78 is 5.54. The third-order valence-corrected chi connectivity index (χ3v) is 4.40. The fraction of sp³-hybridized carbons (Fsp3) is 0.643. The Labute approximate surface area is 111 Å². The van der Waals surface area contributed by atoms with Gasteiger partial charge in [-0.25, -0.2) is 4.79 Å². The summed E-state index contributed by atoms with van der Waals surface area (Å²) in [5, 5.41) is 18.8. The number of carboxylic acids is 1. The summed E-state index contributed by atoms with van der Waals surface area (Å²) in [5.74, 6) is 0.236. The summed E-state index contributed by atoms with van der Waals surface area (Å²) >= 11 is 0. The minimum absolute atomic E-state index is 0.179. The van der Waals surface area contributed by atoms with E-state index >= 15 is 0 Å². The number of furan rings is 1. The van der Waals surface area contributed by atoms with Crippen molar-refractivity contribution in [1.29, 1.82) is 0 Å². The van der Waals surface area contributed by atoms with Crippen LogP contribution in [0, 0.1) is 6.92 Å². The Morgan fingerprint density at radius 1 is 1.42 bits per heavy atom. The zero-order valence-corrected chi connectivity index (χ0v) is 11.0. The van der Waals surface area contributed by atoms with Crippen LogP contribution < -0.4 is 0 Å². The fourth-order valence-electron chi connectivity index (χ4n) is 3.52. The fourth-order valence-corrected chi connectivity index (χ4v) is 3.52. The van der Waals surface area contributed by atoms with E-state index < -0.39 is 5.97 Å². The predicted octanol–water partition coefficient (Wildman–Crippen LogP) is 1.77. The van der Waals surface area contributed by atoms with Gasteiger partial charge in [0.15, 0.2) is 0 Å². The van der Waals surface area contributed by atoms with Crippen molar-refractivity contribution in [2.24, 2.45) is 0 Å². The molecule has 0 aliphatic carbocycles. The summed E-state index contributed by atoms with van der Waals surface area (Å²) in [4.78, 5) is 13.4. The van der Waals surface area contributed by atoms with Crippen molar-refractivity contribution in [3.8, 4) is 0 Å². The minimum Gasteiger partial charge on any atom is -0.478 e. The summed E-state index contributed by atoms with van der Waals surface area (Å²) in [6, 6.07) is 2.45. The van der Waals surface area contributed by atoms with Gasteiger partial charge < -0.3 is 14.6 Å². The van der Waals surface area contributed by atoms with Gasteiger partial charge in [-0.15, -0.1) is 0 Å². The third kappa shape index (κ3) is 2.28. The van der Waals surface area contributed by atoms with E-state index in [-0.39, 0.29) is 11.7 Å². The lowest BCUT2D eigenvalue weighted by atomic mass is 10.00. The number of piperidine rings is 1. The van der Waals surface area contributed by atoms with E-state index in [0.29, 0.717) is 30.1 Å². The van der Waals surface area contributed by atoms with E-state index in [1.165, 1.54) is 0 Å². The van der Waals surface area contributed by atoms with Crippen molar-refractivity contribution in [3.05, 3.63) is 23.2 Å². The Kier molecular flexibility index (Phi) is 3.11. The molecule has 3 rings (SSSR count). The van der Waals surface area contributed by atoms with Gasteiger partial charge in [-0.1, -0.05) is 0 Å². The number of hydrogen-bond donors (Lipinski definition) is 2. The molecule has 0 saturated carbocycles. The molecule has 2 bridgehead atoms. The van der Waals surface area contributed by atoms with Gasteiger partial charge in [0.2, 0.25) is 0 Å². The Morgan fingerprint density at radius 2 is 2.05 bits per heavy atom. The van der Waals surface area contributed by atoms with Gasteiger partial charge in [-0.05, 0) is 38.7 Å². The molecule has 2 atom stereocenters. The van der Waals surface area contributed by atoms with Crippen molar-refractivity contribution in [3.63, 3.8) is 0 Å². The number of nitrogens with zero attached hydrogens (tertiary/aromatic N) is 1. The molecule has 0 radical (unpaired) electrons. The molecule has 2 aliphatic rings. The average molecular weight is 265 g/mol. The smallest absolute Gasteiger partial charge is 0.339 e. The van der Waals surface area contributed by atoms with Crippen molar-refractivity contribution in [1.82, 2.24) is 4.90 Å². The van der Waals surface area contributed by atoms with Crippen molar-refractivity contribution >= 4 is 5.97 Å². The number of aromatic carboxylic acids is 1. The van der Waals surface area contributed by atoms with Crippen LogP contribution in [0.25, 0.3) is 0 Å². The van der Waals surface area contributed by atoms with Crippen LogP contribution in [0.5, 0.6) is 0 Å². The second-order valence-electron chi connectivity index (χ2n) is 5.67. The van der Waals surface area contributed by atoms with Crippen LogP contribution in [0.2, 0.25) is 0 Å². The molecule has 1 aromatic rings. The second-order valence-corrected chi connectivity index (χ2v) is 5.67. The standard InChI is InChI=1S/C14H19NO4/c1-8-13(14(17)18)6-12(19-8)7-15-9-2-3-10(15)5-11(16)4-9/h6,9-11,16H,2-5,7H2,1H3,(H,17,18). The van der Waals surface area contributed by atoms with Gasteiger partial charge >= 0.3 is 5.97 Å². The number of rotatable bonds is 3. The van der Waals surface area contributed by atoms with Gasteiger partial charge in [-0.2, -0.15) is 0 Å². The first-order chi connectivity index (χ1) is 9.04. The lowest BCUT2D eigenvalue weighted by Gasteiger charge is -2.36. The molecule has 0 spiro atoms. The highest BCUT2D eigenvalue weighted by molar-refractivity contribution is 5.88. The Bertz CT molecular complexity index is 482. The van der Waals surface area contributed by atoms with Crippen molar-refractivity contribution in [2.75, 3.05) is 0 Å². The highest BCUT2D eigenvalue weighted by Gasteiger charge is 2.40. The molecule has 2 N–H and O–H groups in total. The SMILES string of the molecule is Cc1oc(CN2C3CCC2CC(O)C3)cc1C(=O)O. The average Bonchev–Trinajstić information content (AvgIpc) is 2.79. The topological polar surface area (TPSA) is 73.9 Å². The maximum Gasteiger partial charge on any atom is 0.339 e. The zero-order valence-electron chi connectivity index (χ0n) is 11.0. The van der Waals surface area contributed by atoms with Gasteiger partial charge in [0, 0.05) is 12.1 Å². The highest BCUT2D eigenvalue weighted by atomic mass is 16.4. The molecule has 1 aromatic heterocycles. The van der Waals surface area contributed by atoms with E-state index in [1.807, 2.05) is 0 Å². The van der Waals surface area contributed by atoms with E-state index in [0.717, 1.165) is 25.7 Å². The van der Waals surface area contributed by atoms with E-state index in [2.05, 4.69) is 4.90 Å². The first-order valence-corrected chi connectivity index (χ1v) is 6.81. The molecule has 104 valence electrons. The van der Waals surface area contributed by atoms with E-state index in [1.54, 1.807) is 13.0 Å². The van der Waals surface area contributed by atoms with Crippen LogP contribution in [0.3, 0.4) is 0 Å². The normalized spacial score (nSPS) is 30.7. The first kappa shape index (κ1) is 12.7. The Hall–Kier alpha value is -1.33. The highest BCUT2D eigenvalue weighted by Crippen LogP contribution is 2.37. The van der Waals surface area contributed by atoms with Gasteiger partial charge in [-0.3, -0.25) is 4.90 Å². The van der Waals surface area contributed by atoms with Crippen LogP contribution in [0.15, 0.2) is 10.5 Å². The number of fused-ring (bicyclic) bond motifs is 2. The lowest BCUT2D eigenvalue weighted by Crippen LogP contribution is -2.43. The summed E-state index contributed by atoms with van der Waals surface area (Å²) in [6.45, 7) is 2.33. The van der Waals surface area contributed by atoms with Crippen LogP contribution in [0.1, 0.15) is 47.6 Å². The van der Waals surface area contributed by atoms with Gasteiger partial charge in [0.05, 0.1) is 12.6 Å². The molecular weight excluding hydrogens is 246 g/mol. The predicted molar refractivity (Wildman–Crippen MR) is 68.0 cm³/mol. The lowest BCUT2D eigenvalue weighted by molar-refractivity contribution is 0.0274. The van der Waals surface area contributed by atoms with Gasteiger partial charge in [0.25, 0.3) is 0 Å². The number of aliphatic hydroxyl groups excluding tert-OH is 1. The molecule has 19 heavy (non-hydrogen) atoms. The molecular formula is C14H19NO4. The maximum atomic E-state index is 11.0. The number of carboxylic acid groups (broad SMARTS) is 1. The monoisotopic (exact) mass is 265 g/mol. The van der Waals surface area contributed by atoms with E-state index in [4.69, 9.17) is 9.52 Å². The Morgan fingerprint density at radius 3 is 2.58 bits per heavy atom.